The lowest BCUT2D eigenvalue weighted by Gasteiger charge is -2.44. The molecule has 1 atom stereocenters. The molecule has 144 valence electrons. The molecular formula is C18H23F4N3O. The third kappa shape index (κ3) is 2.91. The molecule has 3 aliphatic carbocycles. The average Bonchev–Trinajstić information content (AvgIpc) is 2.88. The van der Waals surface area contributed by atoms with Gasteiger partial charge >= 0.3 is 0 Å². The van der Waals surface area contributed by atoms with Crippen molar-refractivity contribution >= 4 is 11.7 Å². The molecule has 0 spiro atoms. The number of aromatic nitrogens is 2. The van der Waals surface area contributed by atoms with Crippen LogP contribution in [0.25, 0.3) is 0 Å². The smallest absolute Gasteiger partial charge is 0.252 e. The largest absolute Gasteiger partial charge is 0.311 e. The quantitative estimate of drug-likeness (QED) is 0.768. The lowest BCUT2D eigenvalue weighted by Crippen LogP contribution is -2.47. The van der Waals surface area contributed by atoms with E-state index in [2.05, 4.69) is 10.4 Å². The Kier molecular flexibility index (Phi) is 3.73. The van der Waals surface area contributed by atoms with E-state index >= 15 is 0 Å². The van der Waals surface area contributed by atoms with Crippen LogP contribution in [0.5, 0.6) is 0 Å². The SMILES string of the molecule is Cc1c(C2(C)CC(F)(F)C2)nn(C2CCC2)c1NC(=O)CC1CC1(F)F. The van der Waals surface area contributed by atoms with Gasteiger partial charge in [0.1, 0.15) is 5.82 Å². The maximum absolute atomic E-state index is 13.5. The Bertz CT molecular complexity index is 746. The fraction of sp³-hybridized carbons (Fsp3) is 0.778. The molecule has 1 unspecified atom stereocenters. The highest BCUT2D eigenvalue weighted by Crippen LogP contribution is 2.54. The van der Waals surface area contributed by atoms with E-state index in [1.54, 1.807) is 18.5 Å². The van der Waals surface area contributed by atoms with Gasteiger partial charge in [-0.15, -0.1) is 0 Å². The summed E-state index contributed by atoms with van der Waals surface area (Å²) in [6, 6.07) is 0.129. The Morgan fingerprint density at radius 2 is 1.88 bits per heavy atom. The first-order valence-corrected chi connectivity index (χ1v) is 9.16. The van der Waals surface area contributed by atoms with Crippen LogP contribution in [0.1, 0.15) is 69.2 Å². The molecule has 3 fully saturated rings. The second-order valence-electron chi connectivity index (χ2n) is 8.54. The molecule has 4 rings (SSSR count). The van der Waals surface area contributed by atoms with Crippen molar-refractivity contribution < 1.29 is 22.4 Å². The second kappa shape index (κ2) is 5.45. The van der Waals surface area contributed by atoms with Gasteiger partial charge in [0.25, 0.3) is 5.92 Å². The number of anilines is 1. The summed E-state index contributed by atoms with van der Waals surface area (Å²) in [5.41, 5.74) is 0.541. The molecule has 26 heavy (non-hydrogen) atoms. The molecule has 1 amide bonds. The third-order valence-electron chi connectivity index (χ3n) is 6.08. The summed E-state index contributed by atoms with van der Waals surface area (Å²) < 4.78 is 54.8. The number of carbonyl (C=O) groups is 1. The van der Waals surface area contributed by atoms with Crippen molar-refractivity contribution in [1.82, 2.24) is 9.78 Å². The van der Waals surface area contributed by atoms with Gasteiger partial charge in [0, 0.05) is 42.6 Å². The molecule has 1 heterocycles. The van der Waals surface area contributed by atoms with E-state index in [1.165, 1.54) is 0 Å². The van der Waals surface area contributed by atoms with Gasteiger partial charge in [-0.25, -0.2) is 22.2 Å². The predicted octanol–water partition coefficient (Wildman–Crippen LogP) is 4.59. The number of nitrogens with zero attached hydrogens (tertiary/aromatic N) is 2. The summed E-state index contributed by atoms with van der Waals surface area (Å²) >= 11 is 0. The van der Waals surface area contributed by atoms with E-state index in [0.29, 0.717) is 17.1 Å². The zero-order chi connectivity index (χ0) is 18.9. The predicted molar refractivity (Wildman–Crippen MR) is 87.7 cm³/mol. The monoisotopic (exact) mass is 373 g/mol. The Morgan fingerprint density at radius 3 is 2.35 bits per heavy atom. The van der Waals surface area contributed by atoms with Crippen LogP contribution in [-0.2, 0) is 10.2 Å². The van der Waals surface area contributed by atoms with E-state index in [9.17, 15) is 22.4 Å². The highest BCUT2D eigenvalue weighted by molar-refractivity contribution is 5.91. The van der Waals surface area contributed by atoms with E-state index < -0.39 is 29.1 Å². The number of hydrogen-bond donors (Lipinski definition) is 1. The topological polar surface area (TPSA) is 46.9 Å². The molecule has 1 N–H and O–H groups in total. The summed E-state index contributed by atoms with van der Waals surface area (Å²) in [7, 11) is 0. The van der Waals surface area contributed by atoms with Gasteiger partial charge in [-0.2, -0.15) is 5.10 Å². The Labute approximate surface area is 149 Å². The minimum Gasteiger partial charge on any atom is -0.311 e. The van der Waals surface area contributed by atoms with E-state index in [-0.39, 0.29) is 31.7 Å². The summed E-state index contributed by atoms with van der Waals surface area (Å²) in [6.07, 6.45) is 1.88. The van der Waals surface area contributed by atoms with Crippen LogP contribution in [0.3, 0.4) is 0 Å². The van der Waals surface area contributed by atoms with Crippen molar-refractivity contribution in [3.05, 3.63) is 11.3 Å². The summed E-state index contributed by atoms with van der Waals surface area (Å²) in [5, 5.41) is 7.33. The van der Waals surface area contributed by atoms with Crippen molar-refractivity contribution in [2.75, 3.05) is 5.32 Å². The maximum atomic E-state index is 13.5. The molecule has 3 saturated carbocycles. The molecule has 1 aromatic heterocycles. The fourth-order valence-corrected chi connectivity index (χ4v) is 4.29. The van der Waals surface area contributed by atoms with Crippen LogP contribution in [0.4, 0.5) is 23.4 Å². The molecular weight excluding hydrogens is 350 g/mol. The average molecular weight is 373 g/mol. The number of carbonyl (C=O) groups excluding carboxylic acids is 1. The van der Waals surface area contributed by atoms with Gasteiger partial charge in [0.15, 0.2) is 0 Å². The second-order valence-corrected chi connectivity index (χ2v) is 8.54. The molecule has 0 aromatic carbocycles. The van der Waals surface area contributed by atoms with Crippen LogP contribution < -0.4 is 5.32 Å². The minimum atomic E-state index is -2.74. The van der Waals surface area contributed by atoms with Crippen molar-refractivity contribution in [2.24, 2.45) is 5.92 Å². The van der Waals surface area contributed by atoms with Crippen LogP contribution in [-0.4, -0.2) is 27.5 Å². The van der Waals surface area contributed by atoms with Crippen molar-refractivity contribution in [2.45, 2.75) is 82.1 Å². The Morgan fingerprint density at radius 1 is 1.27 bits per heavy atom. The summed E-state index contributed by atoms with van der Waals surface area (Å²) in [5.74, 6) is -6.30. The first-order chi connectivity index (χ1) is 12.0. The van der Waals surface area contributed by atoms with Crippen LogP contribution in [0.2, 0.25) is 0 Å². The zero-order valence-corrected chi connectivity index (χ0v) is 14.9. The van der Waals surface area contributed by atoms with E-state index in [4.69, 9.17) is 0 Å². The molecule has 0 aliphatic heterocycles. The zero-order valence-electron chi connectivity index (χ0n) is 14.9. The highest BCUT2D eigenvalue weighted by atomic mass is 19.3. The molecule has 1 aromatic rings. The lowest BCUT2D eigenvalue weighted by atomic mass is 9.65. The molecule has 3 aliphatic rings. The third-order valence-corrected chi connectivity index (χ3v) is 6.08. The van der Waals surface area contributed by atoms with Crippen molar-refractivity contribution in [3.8, 4) is 0 Å². The highest BCUT2D eigenvalue weighted by Gasteiger charge is 2.58. The Balaban J connectivity index is 1.57. The van der Waals surface area contributed by atoms with E-state index in [1.807, 2.05) is 0 Å². The molecule has 8 heteroatoms. The maximum Gasteiger partial charge on any atom is 0.252 e. The van der Waals surface area contributed by atoms with Gasteiger partial charge in [0.05, 0.1) is 11.7 Å². The van der Waals surface area contributed by atoms with Crippen molar-refractivity contribution in [3.63, 3.8) is 0 Å². The minimum absolute atomic E-state index is 0.129. The first-order valence-electron chi connectivity index (χ1n) is 9.16. The summed E-state index contributed by atoms with van der Waals surface area (Å²) in [4.78, 5) is 12.2. The molecule has 4 nitrogen and oxygen atoms in total. The number of hydrogen-bond acceptors (Lipinski definition) is 2. The lowest BCUT2D eigenvalue weighted by molar-refractivity contribution is -0.122. The van der Waals surface area contributed by atoms with E-state index in [0.717, 1.165) is 19.3 Å². The number of amides is 1. The molecule has 0 radical (unpaired) electrons. The van der Waals surface area contributed by atoms with Gasteiger partial charge < -0.3 is 5.32 Å². The van der Waals surface area contributed by atoms with Gasteiger partial charge in [0.2, 0.25) is 11.8 Å². The fourth-order valence-electron chi connectivity index (χ4n) is 4.29. The Hall–Kier alpha value is -1.60. The van der Waals surface area contributed by atoms with Gasteiger partial charge in [-0.1, -0.05) is 6.92 Å². The number of rotatable bonds is 5. The first kappa shape index (κ1) is 17.8. The van der Waals surface area contributed by atoms with Crippen molar-refractivity contribution in [1.29, 1.82) is 0 Å². The van der Waals surface area contributed by atoms with Crippen LogP contribution in [0, 0.1) is 12.8 Å². The van der Waals surface area contributed by atoms with Gasteiger partial charge in [-0.05, 0) is 26.2 Å². The normalized spacial score (nSPS) is 28.2. The van der Waals surface area contributed by atoms with Gasteiger partial charge in [-0.3, -0.25) is 4.79 Å². The number of halogens is 4. The van der Waals surface area contributed by atoms with Crippen LogP contribution in [0.15, 0.2) is 0 Å². The molecule has 0 bridgehead atoms. The number of nitrogens with one attached hydrogen (secondary N) is 1. The standard InChI is InChI=1S/C18H23F4N3O/c1-10-14(16(2)8-17(19,20)9-16)24-25(12-4-3-5-12)15(10)23-13(26)6-11-7-18(11,21)22/h11-12H,3-9H2,1-2H3,(H,23,26). The molecule has 0 saturated heterocycles. The van der Waals surface area contributed by atoms with Crippen LogP contribution >= 0.6 is 0 Å². The number of alkyl halides is 4. The summed E-state index contributed by atoms with van der Waals surface area (Å²) in [6.45, 7) is 3.53.